The lowest BCUT2D eigenvalue weighted by atomic mass is 10.2. The Morgan fingerprint density at radius 1 is 1.06 bits per heavy atom. The number of fused-ring (bicyclic) bond motifs is 1. The molecule has 1 amide bonds. The minimum atomic E-state index is -3.78. The van der Waals surface area contributed by atoms with Gasteiger partial charge >= 0.3 is 5.97 Å². The summed E-state index contributed by atoms with van der Waals surface area (Å²) in [4.78, 5) is 24.9. The quantitative estimate of drug-likeness (QED) is 0.618. The molecular weight excluding hydrogens is 424 g/mol. The predicted octanol–water partition coefficient (Wildman–Crippen LogP) is 2.43. The van der Waals surface area contributed by atoms with E-state index in [1.165, 1.54) is 19.1 Å². The van der Waals surface area contributed by atoms with Gasteiger partial charge in [-0.15, -0.1) is 0 Å². The van der Waals surface area contributed by atoms with Crippen LogP contribution in [0.15, 0.2) is 42.5 Å². The zero-order chi connectivity index (χ0) is 22.4. The first-order chi connectivity index (χ1) is 14.9. The maximum atomic E-state index is 12.8. The van der Waals surface area contributed by atoms with Gasteiger partial charge in [-0.3, -0.25) is 9.10 Å². The van der Waals surface area contributed by atoms with Crippen molar-refractivity contribution in [1.82, 2.24) is 0 Å². The van der Waals surface area contributed by atoms with Gasteiger partial charge in [-0.2, -0.15) is 0 Å². The molecule has 0 fully saturated rings. The number of amides is 1. The molecule has 0 bridgehead atoms. The Kier molecular flexibility index (Phi) is 7.01. The fraction of sp³-hybridized carbons (Fsp3) is 0.333. The number of sulfonamides is 1. The summed E-state index contributed by atoms with van der Waals surface area (Å²) in [7, 11) is -3.78. The van der Waals surface area contributed by atoms with Crippen molar-refractivity contribution in [3.05, 3.63) is 48.0 Å². The summed E-state index contributed by atoms with van der Waals surface area (Å²) in [6, 6.07) is 11.1. The predicted molar refractivity (Wildman–Crippen MR) is 115 cm³/mol. The number of ether oxygens (including phenoxy) is 3. The van der Waals surface area contributed by atoms with Crippen molar-refractivity contribution in [1.29, 1.82) is 0 Å². The number of nitrogens with one attached hydrogen (secondary N) is 1. The van der Waals surface area contributed by atoms with E-state index in [0.29, 0.717) is 24.7 Å². The number of hydrogen-bond acceptors (Lipinski definition) is 7. The van der Waals surface area contributed by atoms with Gasteiger partial charge in [0.05, 0.1) is 29.3 Å². The molecule has 0 aliphatic carbocycles. The van der Waals surface area contributed by atoms with Crippen molar-refractivity contribution in [2.45, 2.75) is 13.8 Å². The Morgan fingerprint density at radius 2 is 1.77 bits per heavy atom. The second-order valence-corrected chi connectivity index (χ2v) is 8.73. The van der Waals surface area contributed by atoms with Crippen LogP contribution in [0.3, 0.4) is 0 Å². The molecule has 1 N–H and O–H groups in total. The maximum Gasteiger partial charge on any atom is 0.340 e. The second kappa shape index (κ2) is 9.69. The summed E-state index contributed by atoms with van der Waals surface area (Å²) in [5, 5.41) is 2.61. The van der Waals surface area contributed by atoms with Crippen molar-refractivity contribution in [3.8, 4) is 11.5 Å². The van der Waals surface area contributed by atoms with Crippen LogP contribution >= 0.6 is 0 Å². The number of esters is 1. The molecule has 1 aliphatic heterocycles. The van der Waals surface area contributed by atoms with Crippen LogP contribution < -0.4 is 19.1 Å². The minimum absolute atomic E-state index is 0.182. The van der Waals surface area contributed by atoms with Gasteiger partial charge in [0.25, 0.3) is 0 Å². The highest BCUT2D eigenvalue weighted by atomic mass is 32.2. The van der Waals surface area contributed by atoms with Crippen molar-refractivity contribution >= 4 is 33.3 Å². The molecule has 1 aliphatic rings. The molecule has 0 radical (unpaired) electrons. The van der Waals surface area contributed by atoms with Crippen molar-refractivity contribution in [3.63, 3.8) is 0 Å². The largest absolute Gasteiger partial charge is 0.486 e. The number of anilines is 2. The van der Waals surface area contributed by atoms with Crippen LogP contribution in [-0.4, -0.2) is 52.4 Å². The molecule has 0 unspecified atom stereocenters. The van der Waals surface area contributed by atoms with E-state index < -0.39 is 28.4 Å². The number of para-hydroxylation sites is 1. The van der Waals surface area contributed by atoms with Crippen LogP contribution in [0, 0.1) is 0 Å². The molecule has 0 saturated carbocycles. The van der Waals surface area contributed by atoms with E-state index in [0.717, 1.165) is 4.31 Å². The molecule has 0 saturated heterocycles. The van der Waals surface area contributed by atoms with Crippen molar-refractivity contribution in [2.24, 2.45) is 0 Å². The third-order valence-electron chi connectivity index (χ3n) is 4.50. The van der Waals surface area contributed by atoms with Crippen molar-refractivity contribution < 1.29 is 32.2 Å². The van der Waals surface area contributed by atoms with Crippen LogP contribution in [0.1, 0.15) is 24.2 Å². The van der Waals surface area contributed by atoms with Gasteiger partial charge in [-0.25, -0.2) is 13.2 Å². The first-order valence-corrected chi connectivity index (χ1v) is 11.4. The molecule has 9 nitrogen and oxygen atoms in total. The Hall–Kier alpha value is -3.27. The Bertz CT molecular complexity index is 1070. The summed E-state index contributed by atoms with van der Waals surface area (Å²) in [6.07, 6.45) is 0. The molecule has 166 valence electrons. The molecular formula is C21H24N2O7S. The Labute approximate surface area is 181 Å². The zero-order valence-corrected chi connectivity index (χ0v) is 18.1. The molecule has 31 heavy (non-hydrogen) atoms. The lowest BCUT2D eigenvalue weighted by molar-refractivity contribution is -0.114. The van der Waals surface area contributed by atoms with Crippen LogP contribution in [0.2, 0.25) is 0 Å². The van der Waals surface area contributed by atoms with E-state index in [4.69, 9.17) is 14.2 Å². The third kappa shape index (κ3) is 5.26. The normalized spacial score (nSPS) is 12.7. The number of carbonyl (C=O) groups is 2. The van der Waals surface area contributed by atoms with Crippen LogP contribution in [0.25, 0.3) is 0 Å². The van der Waals surface area contributed by atoms with Gasteiger partial charge in [0.15, 0.2) is 11.5 Å². The first-order valence-electron chi connectivity index (χ1n) is 9.81. The van der Waals surface area contributed by atoms with Gasteiger partial charge in [0.2, 0.25) is 15.9 Å². The van der Waals surface area contributed by atoms with Gasteiger partial charge in [-0.1, -0.05) is 12.1 Å². The molecule has 1 heterocycles. The molecule has 0 aromatic heterocycles. The number of hydrogen-bond donors (Lipinski definition) is 1. The number of nitrogens with zero attached hydrogens (tertiary/aromatic N) is 1. The minimum Gasteiger partial charge on any atom is -0.486 e. The second-order valence-electron chi connectivity index (χ2n) is 6.55. The van der Waals surface area contributed by atoms with Crippen molar-refractivity contribution in [2.75, 3.05) is 41.7 Å². The fourth-order valence-corrected chi connectivity index (χ4v) is 4.05. The highest BCUT2D eigenvalue weighted by molar-refractivity contribution is 7.92. The van der Waals surface area contributed by atoms with E-state index in [1.807, 2.05) is 0 Å². The molecule has 0 atom stereocenters. The van der Waals surface area contributed by atoms with E-state index in [9.17, 15) is 18.0 Å². The van der Waals surface area contributed by atoms with Gasteiger partial charge in [0, 0.05) is 6.07 Å². The number of benzene rings is 2. The van der Waals surface area contributed by atoms with Gasteiger partial charge < -0.3 is 19.5 Å². The van der Waals surface area contributed by atoms with E-state index in [1.54, 1.807) is 37.3 Å². The van der Waals surface area contributed by atoms with E-state index >= 15 is 0 Å². The topological polar surface area (TPSA) is 111 Å². The third-order valence-corrected chi connectivity index (χ3v) is 6.24. The van der Waals surface area contributed by atoms with Crippen LogP contribution in [0.5, 0.6) is 11.5 Å². The first kappa shape index (κ1) is 22.4. The van der Waals surface area contributed by atoms with Gasteiger partial charge in [-0.05, 0) is 38.1 Å². The summed E-state index contributed by atoms with van der Waals surface area (Å²) >= 11 is 0. The summed E-state index contributed by atoms with van der Waals surface area (Å²) in [6.45, 7) is 3.64. The summed E-state index contributed by atoms with van der Waals surface area (Å²) in [5.74, 6) is -0.467. The van der Waals surface area contributed by atoms with E-state index in [-0.39, 0.29) is 29.3 Å². The summed E-state index contributed by atoms with van der Waals surface area (Å²) < 4.78 is 42.4. The summed E-state index contributed by atoms with van der Waals surface area (Å²) in [5.41, 5.74) is 0.698. The Balaban J connectivity index is 1.85. The van der Waals surface area contributed by atoms with E-state index in [2.05, 4.69) is 5.32 Å². The van der Waals surface area contributed by atoms with Crippen LogP contribution in [0.4, 0.5) is 11.4 Å². The monoisotopic (exact) mass is 448 g/mol. The molecule has 10 heteroatoms. The highest BCUT2D eigenvalue weighted by Gasteiger charge is 2.26. The Morgan fingerprint density at radius 3 is 2.48 bits per heavy atom. The molecule has 2 aromatic rings. The zero-order valence-electron chi connectivity index (χ0n) is 17.3. The van der Waals surface area contributed by atoms with Gasteiger partial charge in [0.1, 0.15) is 19.8 Å². The fourth-order valence-electron chi connectivity index (χ4n) is 2.99. The standard InChI is InChI=1S/C21H24N2O7S/c1-3-28-21(25)16-7-5-6-8-17(16)22-20(24)14-23(31(26,27)4-2)15-9-10-18-19(13-15)30-12-11-29-18/h5-10,13H,3-4,11-12,14H2,1-2H3,(H,22,24). The smallest absolute Gasteiger partial charge is 0.340 e. The average Bonchev–Trinajstić information content (AvgIpc) is 2.77. The average molecular weight is 448 g/mol. The number of rotatable bonds is 8. The maximum absolute atomic E-state index is 12.8. The lowest BCUT2D eigenvalue weighted by Crippen LogP contribution is -2.39. The highest BCUT2D eigenvalue weighted by Crippen LogP contribution is 2.34. The molecule has 3 rings (SSSR count). The molecule has 0 spiro atoms. The SMILES string of the molecule is CCOC(=O)c1ccccc1NC(=O)CN(c1ccc2c(c1)OCCO2)S(=O)(=O)CC. The van der Waals surface area contributed by atoms with Crippen LogP contribution in [-0.2, 0) is 19.6 Å². The number of carbonyl (C=O) groups excluding carboxylic acids is 2. The lowest BCUT2D eigenvalue weighted by Gasteiger charge is -2.25. The molecule has 2 aromatic carbocycles.